The Balaban J connectivity index is 1.25. The molecule has 36 heavy (non-hydrogen) atoms. The van der Waals surface area contributed by atoms with Crippen LogP contribution in [-0.2, 0) is 16.0 Å². The van der Waals surface area contributed by atoms with Gasteiger partial charge in [0, 0.05) is 29.5 Å². The lowest BCUT2D eigenvalue weighted by atomic mass is 9.94. The number of nitrogens with one attached hydrogen (secondary N) is 1. The van der Waals surface area contributed by atoms with Crippen molar-refractivity contribution in [3.8, 4) is 0 Å². The highest BCUT2D eigenvalue weighted by atomic mass is 32.2. The molecule has 0 saturated carbocycles. The maximum Gasteiger partial charge on any atom is 0.269 e. The average Bonchev–Trinajstić information content (AvgIpc) is 3.52. The van der Waals surface area contributed by atoms with Gasteiger partial charge in [-0.15, -0.1) is 11.8 Å². The van der Waals surface area contributed by atoms with Gasteiger partial charge in [0.2, 0.25) is 11.8 Å². The first-order valence-corrected chi connectivity index (χ1v) is 13.7. The summed E-state index contributed by atoms with van der Waals surface area (Å²) in [5.41, 5.74) is 0.943. The fraction of sp³-hybridized carbons (Fsp3) is 0.480. The number of rotatable bonds is 8. The molecule has 0 bridgehead atoms. The number of non-ortho nitro benzene ring substituents is 1. The summed E-state index contributed by atoms with van der Waals surface area (Å²) >= 11 is 3.03. The van der Waals surface area contributed by atoms with Gasteiger partial charge in [-0.05, 0) is 38.4 Å². The van der Waals surface area contributed by atoms with Gasteiger partial charge in [0.05, 0.1) is 27.3 Å². The van der Waals surface area contributed by atoms with Gasteiger partial charge in [-0.25, -0.2) is 9.97 Å². The molecule has 1 amide bonds. The summed E-state index contributed by atoms with van der Waals surface area (Å²) in [5, 5.41) is 14.7. The van der Waals surface area contributed by atoms with E-state index in [0.29, 0.717) is 16.8 Å². The van der Waals surface area contributed by atoms with Gasteiger partial charge >= 0.3 is 0 Å². The number of carbonyl (C=O) groups is 1. The van der Waals surface area contributed by atoms with E-state index in [-0.39, 0.29) is 33.9 Å². The third kappa shape index (κ3) is 6.51. The first kappa shape index (κ1) is 26.3. The van der Waals surface area contributed by atoms with Crippen LogP contribution >= 0.6 is 23.1 Å². The van der Waals surface area contributed by atoms with Crippen LogP contribution in [0, 0.1) is 16.0 Å². The van der Waals surface area contributed by atoms with Crippen molar-refractivity contribution in [1.82, 2.24) is 14.9 Å². The Morgan fingerprint density at radius 2 is 2.06 bits per heavy atom. The summed E-state index contributed by atoms with van der Waals surface area (Å²) in [7, 11) is 0. The van der Waals surface area contributed by atoms with Gasteiger partial charge in [-0.3, -0.25) is 19.8 Å². The van der Waals surface area contributed by atoms with Crippen molar-refractivity contribution in [2.75, 3.05) is 18.4 Å². The maximum absolute atomic E-state index is 12.8. The number of oxazole rings is 1. The number of aromatic nitrogens is 2. The van der Waals surface area contributed by atoms with Gasteiger partial charge < -0.3 is 9.73 Å². The molecular weight excluding hydrogens is 498 g/mol. The van der Waals surface area contributed by atoms with Gasteiger partial charge in [0.15, 0.2) is 5.13 Å². The van der Waals surface area contributed by atoms with E-state index >= 15 is 0 Å². The number of nitro benzene ring substituents is 1. The number of hydrogen-bond acceptors (Lipinski definition) is 9. The smallest absolute Gasteiger partial charge is 0.269 e. The fourth-order valence-electron chi connectivity index (χ4n) is 4.11. The van der Waals surface area contributed by atoms with Crippen LogP contribution in [0.4, 0.5) is 10.8 Å². The molecule has 1 aliphatic rings. The zero-order valence-electron chi connectivity index (χ0n) is 20.9. The molecule has 11 heteroatoms. The number of likely N-dealkylation sites (tertiary alicyclic amines) is 1. The number of nitro groups is 1. The molecule has 3 aromatic rings. The number of thiazole rings is 1. The minimum Gasteiger partial charge on any atom is -0.444 e. The van der Waals surface area contributed by atoms with Crippen molar-refractivity contribution in [2.24, 2.45) is 5.92 Å². The molecule has 0 aliphatic carbocycles. The summed E-state index contributed by atoms with van der Waals surface area (Å²) < 4.78 is 6.83. The lowest BCUT2D eigenvalue weighted by molar-refractivity contribution is -0.385. The molecule has 0 spiro atoms. The van der Waals surface area contributed by atoms with E-state index in [9.17, 15) is 14.9 Å². The normalized spacial score (nSPS) is 16.1. The van der Waals surface area contributed by atoms with Crippen LogP contribution < -0.4 is 5.32 Å². The molecule has 1 atom stereocenters. The minimum absolute atomic E-state index is 0.00827. The Hall–Kier alpha value is -2.76. The molecule has 1 unspecified atom stereocenters. The second-order valence-corrected chi connectivity index (χ2v) is 12.3. The summed E-state index contributed by atoms with van der Waals surface area (Å²) in [6.07, 6.45) is 5.02. The number of amides is 1. The van der Waals surface area contributed by atoms with Crippen molar-refractivity contribution in [3.63, 3.8) is 0 Å². The lowest BCUT2D eigenvalue weighted by Gasteiger charge is -2.35. The Morgan fingerprint density at radius 1 is 1.31 bits per heavy atom. The zero-order chi connectivity index (χ0) is 25.9. The van der Waals surface area contributed by atoms with E-state index in [1.807, 2.05) is 6.07 Å². The van der Waals surface area contributed by atoms with Gasteiger partial charge in [-0.1, -0.05) is 44.2 Å². The molecule has 192 valence electrons. The Morgan fingerprint density at radius 3 is 2.72 bits per heavy atom. The average molecular weight is 530 g/mol. The molecule has 1 fully saturated rings. The second-order valence-electron chi connectivity index (χ2n) is 9.97. The number of hydrogen-bond donors (Lipinski definition) is 1. The molecule has 1 aromatic carbocycles. The van der Waals surface area contributed by atoms with Crippen LogP contribution in [0.2, 0.25) is 0 Å². The van der Waals surface area contributed by atoms with Crippen LogP contribution in [0.1, 0.15) is 63.8 Å². The van der Waals surface area contributed by atoms with Crippen LogP contribution in [0.15, 0.2) is 45.3 Å². The molecule has 9 nitrogen and oxygen atoms in total. The number of carbonyl (C=O) groups excluding carboxylic acids is 1. The van der Waals surface area contributed by atoms with Crippen molar-refractivity contribution in [1.29, 1.82) is 0 Å². The summed E-state index contributed by atoms with van der Waals surface area (Å²) in [4.78, 5) is 34.6. The molecule has 1 N–H and O–H groups in total. The summed E-state index contributed by atoms with van der Waals surface area (Å²) in [6.45, 7) is 9.83. The number of piperidine rings is 1. The van der Waals surface area contributed by atoms with Crippen molar-refractivity contribution in [3.05, 3.63) is 64.0 Å². The lowest BCUT2D eigenvalue weighted by Crippen LogP contribution is -2.39. The monoisotopic (exact) mass is 529 g/mol. The highest BCUT2D eigenvalue weighted by Crippen LogP contribution is 2.33. The van der Waals surface area contributed by atoms with E-state index in [1.54, 1.807) is 36.3 Å². The Bertz CT molecular complexity index is 1210. The maximum atomic E-state index is 12.8. The van der Waals surface area contributed by atoms with Gasteiger partial charge in [0.25, 0.3) is 5.69 Å². The van der Waals surface area contributed by atoms with Crippen molar-refractivity contribution < 1.29 is 14.1 Å². The Kier molecular flexibility index (Phi) is 8.11. The summed E-state index contributed by atoms with van der Waals surface area (Å²) in [5.74, 6) is 2.05. The topological polar surface area (TPSA) is 114 Å². The molecule has 0 radical (unpaired) electrons. The molecule has 4 rings (SSSR count). The van der Waals surface area contributed by atoms with E-state index < -0.39 is 0 Å². The molecule has 2 aromatic heterocycles. The van der Waals surface area contributed by atoms with Gasteiger partial charge in [-0.2, -0.15) is 0 Å². The quantitative estimate of drug-likeness (QED) is 0.213. The predicted molar refractivity (Wildman–Crippen MR) is 141 cm³/mol. The van der Waals surface area contributed by atoms with E-state index in [1.165, 1.54) is 17.4 Å². The molecular formula is C25H31N5O4S2. The number of nitrogens with zero attached hydrogens (tertiary/aromatic N) is 4. The number of benzene rings is 1. The zero-order valence-corrected chi connectivity index (χ0v) is 22.5. The number of anilines is 1. The van der Waals surface area contributed by atoms with Crippen molar-refractivity contribution in [2.45, 2.75) is 62.0 Å². The van der Waals surface area contributed by atoms with Crippen LogP contribution in [0.25, 0.3) is 0 Å². The standard InChI is InChI=1S/C25H31N5O4S2/c1-16(18-6-5-7-19(12-18)30(32)33)29-10-8-17(9-11-29)23(31)28-24-27-14-22(36-24)35-15-21-26-13-20(34-21)25(2,3)4/h5-7,12-14,16-17H,8-11,15H2,1-4H3,(H,27,28,31). The van der Waals surface area contributed by atoms with E-state index in [2.05, 4.69) is 47.9 Å². The summed E-state index contributed by atoms with van der Waals surface area (Å²) in [6, 6.07) is 6.83. The largest absolute Gasteiger partial charge is 0.444 e. The van der Waals surface area contributed by atoms with Crippen LogP contribution in [0.5, 0.6) is 0 Å². The first-order chi connectivity index (χ1) is 17.1. The minimum atomic E-state index is -0.369. The predicted octanol–water partition coefficient (Wildman–Crippen LogP) is 6.04. The fourth-order valence-corrected chi connectivity index (χ4v) is 5.83. The van der Waals surface area contributed by atoms with Crippen molar-refractivity contribution >= 4 is 39.8 Å². The van der Waals surface area contributed by atoms with Crippen LogP contribution in [0.3, 0.4) is 0 Å². The molecule has 1 aliphatic heterocycles. The van der Waals surface area contributed by atoms with Gasteiger partial charge in [0.1, 0.15) is 5.76 Å². The first-order valence-electron chi connectivity index (χ1n) is 11.9. The van der Waals surface area contributed by atoms with E-state index in [4.69, 9.17) is 4.42 Å². The molecule has 3 heterocycles. The highest BCUT2D eigenvalue weighted by Gasteiger charge is 2.28. The highest BCUT2D eigenvalue weighted by molar-refractivity contribution is 8.00. The Labute approximate surface area is 218 Å². The SMILES string of the molecule is CC(c1cccc([N+](=O)[O-])c1)N1CCC(C(=O)Nc2ncc(SCc3ncc(C(C)(C)C)o3)s2)CC1. The van der Waals surface area contributed by atoms with Crippen LogP contribution in [-0.4, -0.2) is 38.8 Å². The number of thioether (sulfide) groups is 1. The third-order valence-corrected chi connectivity index (χ3v) is 8.45. The third-order valence-electron chi connectivity index (χ3n) is 6.36. The van der Waals surface area contributed by atoms with E-state index in [0.717, 1.165) is 41.5 Å². The molecule has 1 saturated heterocycles. The second kappa shape index (κ2) is 11.1.